The Hall–Kier alpha value is -3.15. The van der Waals surface area contributed by atoms with Crippen LogP contribution >= 0.6 is 0 Å². The van der Waals surface area contributed by atoms with E-state index in [-0.39, 0.29) is 0 Å². The number of aryl methyl sites for hydroxylation is 2. The van der Waals surface area contributed by atoms with Crippen LogP contribution in [0, 0.1) is 0 Å². The fourth-order valence-corrected chi connectivity index (χ4v) is 2.56. The Kier molecular flexibility index (Phi) is 3.08. The predicted molar refractivity (Wildman–Crippen MR) is 90.4 cm³/mol. The highest BCUT2D eigenvalue weighted by Gasteiger charge is 2.09. The molecule has 0 aliphatic heterocycles. The van der Waals surface area contributed by atoms with Crippen LogP contribution in [0.5, 0.6) is 0 Å². The summed E-state index contributed by atoms with van der Waals surface area (Å²) in [7, 11) is 3.80. The number of fused-ring (bicyclic) bond motifs is 1. The van der Waals surface area contributed by atoms with Crippen LogP contribution in [0.25, 0.3) is 22.3 Å². The molecule has 0 bridgehead atoms. The SMILES string of the molecule is Cn1nc(-c2ccccc2)cc1Nc1ccc2cnn(C)c2n1. The van der Waals surface area contributed by atoms with Crippen molar-refractivity contribution in [2.24, 2.45) is 14.1 Å². The Balaban J connectivity index is 1.68. The molecule has 6 nitrogen and oxygen atoms in total. The average molecular weight is 304 g/mol. The largest absolute Gasteiger partial charge is 0.325 e. The van der Waals surface area contributed by atoms with Crippen molar-refractivity contribution >= 4 is 22.7 Å². The van der Waals surface area contributed by atoms with Crippen LogP contribution in [-0.2, 0) is 14.1 Å². The minimum atomic E-state index is 0.767. The molecule has 3 aromatic heterocycles. The van der Waals surface area contributed by atoms with Crippen molar-refractivity contribution in [2.45, 2.75) is 0 Å². The first-order chi connectivity index (χ1) is 11.2. The van der Waals surface area contributed by atoms with Gasteiger partial charge in [0.15, 0.2) is 5.65 Å². The maximum absolute atomic E-state index is 4.60. The van der Waals surface area contributed by atoms with Gasteiger partial charge in [-0.05, 0) is 12.1 Å². The third-order valence-electron chi connectivity index (χ3n) is 3.79. The van der Waals surface area contributed by atoms with Crippen LogP contribution < -0.4 is 5.32 Å². The average Bonchev–Trinajstić information content (AvgIpc) is 3.12. The van der Waals surface area contributed by atoms with Crippen LogP contribution in [0.4, 0.5) is 11.6 Å². The Morgan fingerprint density at radius 1 is 0.957 bits per heavy atom. The van der Waals surface area contributed by atoms with Crippen molar-refractivity contribution in [1.82, 2.24) is 24.5 Å². The van der Waals surface area contributed by atoms with E-state index >= 15 is 0 Å². The van der Waals surface area contributed by atoms with Gasteiger partial charge in [0.05, 0.1) is 11.9 Å². The fourth-order valence-electron chi connectivity index (χ4n) is 2.56. The third-order valence-corrected chi connectivity index (χ3v) is 3.79. The highest BCUT2D eigenvalue weighted by Crippen LogP contribution is 2.23. The molecule has 0 spiro atoms. The lowest BCUT2D eigenvalue weighted by Crippen LogP contribution is -2.01. The molecule has 0 atom stereocenters. The first-order valence-corrected chi connectivity index (χ1v) is 7.36. The standard InChI is InChI=1S/C17H16N6/c1-22-16(10-14(21-22)12-6-4-3-5-7-12)19-15-9-8-13-11-18-23(2)17(13)20-15/h3-11H,1-2H3,(H,19,20). The summed E-state index contributed by atoms with van der Waals surface area (Å²) >= 11 is 0. The topological polar surface area (TPSA) is 60.6 Å². The van der Waals surface area contributed by atoms with Crippen molar-refractivity contribution in [3.8, 4) is 11.3 Å². The fraction of sp³-hybridized carbons (Fsp3) is 0.118. The van der Waals surface area contributed by atoms with Gasteiger partial charge in [-0.25, -0.2) is 4.98 Å². The number of anilines is 2. The lowest BCUT2D eigenvalue weighted by Gasteiger charge is -2.05. The van der Waals surface area contributed by atoms with Gasteiger partial charge < -0.3 is 5.32 Å². The number of nitrogens with one attached hydrogen (secondary N) is 1. The zero-order valence-corrected chi connectivity index (χ0v) is 12.9. The van der Waals surface area contributed by atoms with Crippen molar-refractivity contribution < 1.29 is 0 Å². The van der Waals surface area contributed by atoms with E-state index in [1.807, 2.05) is 73.5 Å². The third kappa shape index (κ3) is 2.44. The summed E-state index contributed by atoms with van der Waals surface area (Å²) in [5.74, 6) is 1.65. The van der Waals surface area contributed by atoms with Gasteiger partial charge in [-0.15, -0.1) is 0 Å². The molecule has 0 unspecified atom stereocenters. The van der Waals surface area contributed by atoms with Crippen LogP contribution in [0.15, 0.2) is 54.7 Å². The summed E-state index contributed by atoms with van der Waals surface area (Å²) in [6.45, 7) is 0. The van der Waals surface area contributed by atoms with E-state index in [1.165, 1.54) is 0 Å². The van der Waals surface area contributed by atoms with E-state index in [2.05, 4.69) is 20.5 Å². The maximum atomic E-state index is 4.60. The zero-order chi connectivity index (χ0) is 15.8. The Labute approximate surface area is 133 Å². The number of pyridine rings is 1. The molecule has 0 aliphatic rings. The first kappa shape index (κ1) is 13.5. The Bertz CT molecular complexity index is 967. The smallest absolute Gasteiger partial charge is 0.159 e. The molecule has 3 heterocycles. The quantitative estimate of drug-likeness (QED) is 0.632. The van der Waals surface area contributed by atoms with Crippen LogP contribution in [0.3, 0.4) is 0 Å². The van der Waals surface area contributed by atoms with Gasteiger partial charge in [0.1, 0.15) is 11.6 Å². The van der Waals surface area contributed by atoms with E-state index in [0.717, 1.165) is 33.9 Å². The second-order valence-electron chi connectivity index (χ2n) is 5.41. The molecule has 1 N–H and O–H groups in total. The summed E-state index contributed by atoms with van der Waals surface area (Å²) in [6, 6.07) is 16.1. The highest BCUT2D eigenvalue weighted by molar-refractivity contribution is 5.77. The molecular weight excluding hydrogens is 288 g/mol. The molecule has 0 amide bonds. The van der Waals surface area contributed by atoms with Gasteiger partial charge in [0.25, 0.3) is 0 Å². The molecule has 4 aromatic rings. The predicted octanol–water partition coefficient (Wildman–Crippen LogP) is 3.11. The minimum Gasteiger partial charge on any atom is -0.325 e. The summed E-state index contributed by atoms with van der Waals surface area (Å²) in [5, 5.41) is 13.1. The molecular formula is C17H16N6. The Morgan fingerprint density at radius 2 is 1.78 bits per heavy atom. The van der Waals surface area contributed by atoms with Gasteiger partial charge >= 0.3 is 0 Å². The zero-order valence-electron chi connectivity index (χ0n) is 12.9. The highest BCUT2D eigenvalue weighted by atomic mass is 15.3. The molecule has 4 rings (SSSR count). The summed E-state index contributed by atoms with van der Waals surface area (Å²) in [6.07, 6.45) is 1.81. The van der Waals surface area contributed by atoms with Gasteiger partial charge in [-0.1, -0.05) is 30.3 Å². The Morgan fingerprint density at radius 3 is 2.61 bits per heavy atom. The van der Waals surface area contributed by atoms with Crippen LogP contribution in [0.2, 0.25) is 0 Å². The van der Waals surface area contributed by atoms with E-state index in [4.69, 9.17) is 0 Å². The second kappa shape index (κ2) is 5.24. The van der Waals surface area contributed by atoms with Gasteiger partial charge in [0, 0.05) is 31.1 Å². The van der Waals surface area contributed by atoms with E-state index < -0.39 is 0 Å². The minimum absolute atomic E-state index is 0.767. The molecule has 1 aromatic carbocycles. The van der Waals surface area contributed by atoms with E-state index in [1.54, 1.807) is 4.68 Å². The molecule has 0 saturated carbocycles. The molecule has 6 heteroatoms. The van der Waals surface area contributed by atoms with E-state index in [0.29, 0.717) is 0 Å². The normalized spacial score (nSPS) is 11.0. The van der Waals surface area contributed by atoms with Crippen molar-refractivity contribution in [2.75, 3.05) is 5.32 Å². The lowest BCUT2D eigenvalue weighted by molar-refractivity contribution is 0.777. The van der Waals surface area contributed by atoms with E-state index in [9.17, 15) is 0 Å². The number of nitrogens with zero attached hydrogens (tertiary/aromatic N) is 5. The van der Waals surface area contributed by atoms with Crippen molar-refractivity contribution in [3.05, 3.63) is 54.7 Å². The van der Waals surface area contributed by atoms with Crippen molar-refractivity contribution in [3.63, 3.8) is 0 Å². The molecule has 23 heavy (non-hydrogen) atoms. The van der Waals surface area contributed by atoms with Gasteiger partial charge in [-0.2, -0.15) is 10.2 Å². The molecule has 0 radical (unpaired) electrons. The van der Waals surface area contributed by atoms with Gasteiger partial charge in [-0.3, -0.25) is 9.36 Å². The molecule has 0 aliphatic carbocycles. The second-order valence-corrected chi connectivity index (χ2v) is 5.41. The monoisotopic (exact) mass is 304 g/mol. The number of hydrogen-bond acceptors (Lipinski definition) is 4. The number of aromatic nitrogens is 5. The lowest BCUT2D eigenvalue weighted by atomic mass is 10.2. The molecule has 0 fully saturated rings. The number of rotatable bonds is 3. The number of benzene rings is 1. The number of hydrogen-bond donors (Lipinski definition) is 1. The van der Waals surface area contributed by atoms with Crippen LogP contribution in [0.1, 0.15) is 0 Å². The van der Waals surface area contributed by atoms with Crippen LogP contribution in [-0.4, -0.2) is 24.5 Å². The first-order valence-electron chi connectivity index (χ1n) is 7.36. The molecule has 0 saturated heterocycles. The summed E-state index contributed by atoms with van der Waals surface area (Å²) < 4.78 is 3.58. The van der Waals surface area contributed by atoms with Crippen molar-refractivity contribution in [1.29, 1.82) is 0 Å². The van der Waals surface area contributed by atoms with Gasteiger partial charge in [0.2, 0.25) is 0 Å². The summed E-state index contributed by atoms with van der Waals surface area (Å²) in [4.78, 5) is 4.60. The maximum Gasteiger partial charge on any atom is 0.159 e. The molecule has 114 valence electrons. The summed E-state index contributed by atoms with van der Waals surface area (Å²) in [5.41, 5.74) is 2.86.